The lowest BCUT2D eigenvalue weighted by Gasteiger charge is -2.49. The molecule has 3 aromatic rings. The Bertz CT molecular complexity index is 1740. The first-order chi connectivity index (χ1) is 21.9. The van der Waals surface area contributed by atoms with Gasteiger partial charge in [0.15, 0.2) is 0 Å². The largest absolute Gasteiger partial charge is 0.509 e. The number of ether oxygens (including phenoxy) is 3. The lowest BCUT2D eigenvalue weighted by molar-refractivity contribution is -0.385. The van der Waals surface area contributed by atoms with Gasteiger partial charge in [0.2, 0.25) is 5.91 Å². The summed E-state index contributed by atoms with van der Waals surface area (Å²) in [5.74, 6) is -2.02. The molecule has 14 nitrogen and oxygen atoms in total. The molecule has 0 aliphatic carbocycles. The van der Waals surface area contributed by atoms with Gasteiger partial charge in [-0.15, -0.1) is 0 Å². The predicted molar refractivity (Wildman–Crippen MR) is 164 cm³/mol. The van der Waals surface area contributed by atoms with Gasteiger partial charge in [-0.05, 0) is 61.4 Å². The molecule has 46 heavy (non-hydrogen) atoms. The molecule has 0 unspecified atom stereocenters. The predicted octanol–water partition coefficient (Wildman–Crippen LogP) is 5.50. The van der Waals surface area contributed by atoms with E-state index < -0.39 is 45.4 Å². The summed E-state index contributed by atoms with van der Waals surface area (Å²) in [6.45, 7) is 2.77. The quantitative estimate of drug-likeness (QED) is 0.0904. The van der Waals surface area contributed by atoms with E-state index in [-0.39, 0.29) is 36.7 Å². The molecule has 2 heterocycles. The van der Waals surface area contributed by atoms with E-state index in [1.54, 1.807) is 38.1 Å². The number of carbonyl (C=O) groups excluding carboxylic acids is 3. The van der Waals surface area contributed by atoms with E-state index in [0.29, 0.717) is 26.6 Å². The zero-order valence-corrected chi connectivity index (χ0v) is 25.4. The smallest absolute Gasteiger partial charge is 0.456 e. The Morgan fingerprint density at radius 3 is 2.00 bits per heavy atom. The van der Waals surface area contributed by atoms with Gasteiger partial charge < -0.3 is 24.8 Å². The number of nitrogens with zero attached hydrogens (tertiary/aromatic N) is 3. The lowest BCUT2D eigenvalue weighted by atomic mass is 9.76. The van der Waals surface area contributed by atoms with Crippen LogP contribution in [0.25, 0.3) is 0 Å². The molecule has 238 valence electrons. The number of hydrogen-bond donors (Lipinski definition) is 1. The molecule has 2 atom stereocenters. The summed E-state index contributed by atoms with van der Waals surface area (Å²) in [6, 6.07) is 17.6. The van der Waals surface area contributed by atoms with Gasteiger partial charge in [-0.2, -0.15) is 0 Å². The van der Waals surface area contributed by atoms with Crippen molar-refractivity contribution in [1.82, 2.24) is 4.90 Å². The third kappa shape index (κ3) is 6.63. The number of anilines is 1. The van der Waals surface area contributed by atoms with E-state index in [0.717, 1.165) is 0 Å². The molecule has 5 rings (SSSR count). The maximum absolute atomic E-state index is 13.6. The molecular weight excluding hydrogens is 620 g/mol. The zero-order valence-electron chi connectivity index (χ0n) is 24.6. The summed E-state index contributed by atoms with van der Waals surface area (Å²) >= 11 is 1.24. The molecule has 1 saturated heterocycles. The number of para-hydroxylation sites is 1. The fourth-order valence-electron chi connectivity index (χ4n) is 5.31. The molecule has 2 aliphatic rings. The van der Waals surface area contributed by atoms with Gasteiger partial charge in [0.1, 0.15) is 24.5 Å². The number of β-lactam (4-membered cyclic amide) rings is 1. The third-order valence-corrected chi connectivity index (χ3v) is 8.78. The molecule has 0 aromatic heterocycles. The van der Waals surface area contributed by atoms with Gasteiger partial charge in [-0.3, -0.25) is 25.0 Å². The summed E-state index contributed by atoms with van der Waals surface area (Å²) in [5.41, 5.74) is 6.18. The molecule has 0 saturated carbocycles. The van der Waals surface area contributed by atoms with Crippen LogP contribution in [0.3, 0.4) is 0 Å². The van der Waals surface area contributed by atoms with Gasteiger partial charge in [0.25, 0.3) is 11.4 Å². The lowest BCUT2D eigenvalue weighted by Crippen LogP contribution is -2.66. The van der Waals surface area contributed by atoms with Crippen LogP contribution in [0.5, 0.6) is 0 Å². The second kappa shape index (κ2) is 12.9. The van der Waals surface area contributed by atoms with Crippen LogP contribution in [0.4, 0.5) is 21.9 Å². The van der Waals surface area contributed by atoms with Gasteiger partial charge in [0, 0.05) is 46.2 Å². The van der Waals surface area contributed by atoms with Crippen LogP contribution >= 0.6 is 11.8 Å². The standard InChI is InChI=1S/C31H28N4O10S/c1-31(2,45-30(38)44-17-19-9-13-21(14-10-19)35(41)42)26-23-15-25(46-24-6-4-3-5-22(24)32)27(33(23)28(26)36)29(37)43-16-18-7-11-20(12-8-18)34(39)40/h3-14,23,26H,15-17,32H2,1-2H3/t23-,26+/m1/s1. The maximum Gasteiger partial charge on any atom is 0.509 e. The number of benzene rings is 3. The van der Waals surface area contributed by atoms with Crippen molar-refractivity contribution in [3.63, 3.8) is 0 Å². The van der Waals surface area contributed by atoms with E-state index in [4.69, 9.17) is 19.9 Å². The topological polar surface area (TPSA) is 194 Å². The number of esters is 1. The monoisotopic (exact) mass is 648 g/mol. The Hall–Kier alpha value is -5.44. The maximum atomic E-state index is 13.6. The van der Waals surface area contributed by atoms with Crippen LogP contribution in [0, 0.1) is 26.1 Å². The van der Waals surface area contributed by atoms with Crippen molar-refractivity contribution in [3.8, 4) is 0 Å². The number of amides is 1. The van der Waals surface area contributed by atoms with Crippen molar-refractivity contribution in [2.75, 3.05) is 5.73 Å². The van der Waals surface area contributed by atoms with E-state index in [1.807, 2.05) is 0 Å². The molecule has 0 bridgehead atoms. The van der Waals surface area contributed by atoms with Crippen LogP contribution in [0.1, 0.15) is 31.4 Å². The van der Waals surface area contributed by atoms with Crippen molar-refractivity contribution in [2.45, 2.75) is 50.0 Å². The fraction of sp³-hybridized carbons (Fsp3) is 0.258. The van der Waals surface area contributed by atoms with Crippen LogP contribution < -0.4 is 5.73 Å². The minimum atomic E-state index is -1.33. The van der Waals surface area contributed by atoms with Gasteiger partial charge in [0.05, 0.1) is 21.8 Å². The number of hydrogen-bond acceptors (Lipinski definition) is 12. The van der Waals surface area contributed by atoms with Crippen molar-refractivity contribution < 1.29 is 38.4 Å². The second-order valence-electron chi connectivity index (χ2n) is 11.0. The van der Waals surface area contributed by atoms with E-state index >= 15 is 0 Å². The molecule has 0 radical (unpaired) electrons. The first-order valence-corrected chi connectivity index (χ1v) is 14.8. The minimum absolute atomic E-state index is 0.0537. The highest BCUT2D eigenvalue weighted by Crippen LogP contribution is 2.52. The number of thioether (sulfide) groups is 1. The first-order valence-electron chi connectivity index (χ1n) is 13.9. The van der Waals surface area contributed by atoms with Crippen LogP contribution in [0.2, 0.25) is 0 Å². The summed E-state index contributed by atoms with van der Waals surface area (Å²) < 4.78 is 16.3. The fourth-order valence-corrected chi connectivity index (χ4v) is 6.45. The highest BCUT2D eigenvalue weighted by Gasteiger charge is 2.62. The zero-order chi connectivity index (χ0) is 33.2. The molecule has 3 aromatic carbocycles. The van der Waals surface area contributed by atoms with Gasteiger partial charge in [-0.1, -0.05) is 23.9 Å². The number of nitro groups is 2. The number of non-ortho nitro benzene ring substituents is 2. The van der Waals surface area contributed by atoms with Crippen molar-refractivity contribution in [2.24, 2.45) is 5.92 Å². The van der Waals surface area contributed by atoms with Gasteiger partial charge in [-0.25, -0.2) is 9.59 Å². The Morgan fingerprint density at radius 2 is 1.46 bits per heavy atom. The summed E-state index contributed by atoms with van der Waals surface area (Å²) in [5, 5.41) is 21.8. The van der Waals surface area contributed by atoms with Crippen LogP contribution in [-0.4, -0.2) is 44.4 Å². The average molecular weight is 649 g/mol. The molecule has 15 heteroatoms. The number of nitrogens with two attached hydrogens (primary N) is 1. The highest BCUT2D eigenvalue weighted by molar-refractivity contribution is 8.03. The van der Waals surface area contributed by atoms with Crippen molar-refractivity contribution >= 4 is 46.9 Å². The second-order valence-corrected chi connectivity index (χ2v) is 12.2. The number of nitrogen functional groups attached to an aromatic ring is 1. The summed E-state index contributed by atoms with van der Waals surface area (Å²) in [6.07, 6.45) is -0.767. The van der Waals surface area contributed by atoms with Crippen LogP contribution in [0.15, 0.2) is 88.3 Å². The molecule has 1 fully saturated rings. The molecule has 2 N–H and O–H groups in total. The third-order valence-electron chi connectivity index (χ3n) is 7.58. The highest BCUT2D eigenvalue weighted by atomic mass is 32.2. The summed E-state index contributed by atoms with van der Waals surface area (Å²) in [4.78, 5) is 63.0. The van der Waals surface area contributed by atoms with Crippen LogP contribution in [-0.2, 0) is 37.0 Å². The average Bonchev–Trinajstić information content (AvgIpc) is 3.33. The Kier molecular flexibility index (Phi) is 8.96. The molecule has 2 aliphatic heterocycles. The number of fused-ring (bicyclic) bond motifs is 1. The Labute approximate surface area is 266 Å². The normalized spacial score (nSPS) is 17.2. The van der Waals surface area contributed by atoms with E-state index in [1.165, 1.54) is 65.2 Å². The Balaban J connectivity index is 1.29. The molecule has 0 spiro atoms. The van der Waals surface area contributed by atoms with E-state index in [9.17, 15) is 34.6 Å². The number of nitro benzene ring substituents is 2. The minimum Gasteiger partial charge on any atom is -0.456 e. The van der Waals surface area contributed by atoms with Crippen molar-refractivity contribution in [3.05, 3.63) is 115 Å². The number of rotatable bonds is 11. The summed E-state index contributed by atoms with van der Waals surface area (Å²) in [7, 11) is 0. The molecular formula is C31H28N4O10S. The number of carbonyl (C=O) groups is 3. The molecule has 1 amide bonds. The Morgan fingerprint density at radius 1 is 0.913 bits per heavy atom. The SMILES string of the molecule is CC(C)(OC(=O)OCc1ccc([N+](=O)[O-])cc1)[C@@H]1C(=O)N2C(C(=O)OCc3ccc([N+](=O)[O-])cc3)=C(Sc3ccccc3N)C[C@H]12. The first kappa shape index (κ1) is 32.0. The van der Waals surface area contributed by atoms with E-state index in [2.05, 4.69) is 0 Å². The van der Waals surface area contributed by atoms with Crippen molar-refractivity contribution in [1.29, 1.82) is 0 Å². The van der Waals surface area contributed by atoms with Gasteiger partial charge >= 0.3 is 12.1 Å².